The first-order chi connectivity index (χ1) is 12.2. The van der Waals surface area contributed by atoms with Crippen molar-refractivity contribution in [3.05, 3.63) is 22.5 Å². The van der Waals surface area contributed by atoms with Crippen LogP contribution < -0.4 is 0 Å². The number of rotatable bonds is 6. The third kappa shape index (κ3) is 4.67. The number of carbonyl (C=O) groups excluding carboxylic acids is 2. The SMILES string of the molecule is CCN(CC)CCN1CCCc2[nH]c(C(=O)OC(C)(C)C)c(C)c2C1=O. The maximum atomic E-state index is 13.1. The number of likely N-dealkylation sites (N-methyl/N-ethyl adjacent to an activating group) is 1. The van der Waals surface area contributed by atoms with E-state index in [1.165, 1.54) is 0 Å². The Morgan fingerprint density at radius 2 is 1.92 bits per heavy atom. The number of aromatic amines is 1. The molecule has 0 aliphatic carbocycles. The van der Waals surface area contributed by atoms with E-state index in [2.05, 4.69) is 23.7 Å². The lowest BCUT2D eigenvalue weighted by Gasteiger charge is -2.25. The fraction of sp³-hybridized carbons (Fsp3) is 0.700. The molecule has 1 amide bonds. The summed E-state index contributed by atoms with van der Waals surface area (Å²) in [7, 11) is 0. The van der Waals surface area contributed by atoms with Crippen LogP contribution in [0.5, 0.6) is 0 Å². The molecule has 2 rings (SSSR count). The first-order valence-corrected chi connectivity index (χ1v) is 9.64. The van der Waals surface area contributed by atoms with Gasteiger partial charge in [-0.05, 0) is 59.2 Å². The molecule has 1 aliphatic heterocycles. The van der Waals surface area contributed by atoms with Crippen LogP contribution in [-0.2, 0) is 11.2 Å². The summed E-state index contributed by atoms with van der Waals surface area (Å²) in [4.78, 5) is 33.0. The van der Waals surface area contributed by atoms with Gasteiger partial charge in [-0.25, -0.2) is 4.79 Å². The second-order valence-corrected chi connectivity index (χ2v) is 7.90. The fourth-order valence-electron chi connectivity index (χ4n) is 3.39. The first kappa shape index (κ1) is 20.5. The summed E-state index contributed by atoms with van der Waals surface area (Å²) >= 11 is 0. The highest BCUT2D eigenvalue weighted by Gasteiger charge is 2.31. The Morgan fingerprint density at radius 1 is 1.27 bits per heavy atom. The highest BCUT2D eigenvalue weighted by atomic mass is 16.6. The van der Waals surface area contributed by atoms with Crippen LogP contribution in [0.25, 0.3) is 0 Å². The van der Waals surface area contributed by atoms with Gasteiger partial charge in [-0.1, -0.05) is 13.8 Å². The molecule has 0 unspecified atom stereocenters. The Bertz CT molecular complexity index is 654. The van der Waals surface area contributed by atoms with Gasteiger partial charge in [0.15, 0.2) is 0 Å². The number of aromatic nitrogens is 1. The number of esters is 1. The number of H-pyrrole nitrogens is 1. The molecule has 0 radical (unpaired) electrons. The predicted molar refractivity (Wildman–Crippen MR) is 103 cm³/mol. The normalized spacial score (nSPS) is 15.2. The minimum atomic E-state index is -0.564. The standard InChI is InChI=1S/C20H33N3O3/c1-7-22(8-2)12-13-23-11-9-10-15-16(18(23)24)14(3)17(21-15)19(25)26-20(4,5)6/h21H,7-13H2,1-6H3. The molecule has 1 aromatic rings. The average molecular weight is 364 g/mol. The number of amides is 1. The first-order valence-electron chi connectivity index (χ1n) is 9.64. The molecule has 1 aliphatic rings. The summed E-state index contributed by atoms with van der Waals surface area (Å²) in [5.74, 6) is -0.376. The Kier molecular flexibility index (Phi) is 6.50. The second kappa shape index (κ2) is 8.25. The topological polar surface area (TPSA) is 65.6 Å². The van der Waals surface area contributed by atoms with Gasteiger partial charge in [0.25, 0.3) is 5.91 Å². The summed E-state index contributed by atoms with van der Waals surface area (Å²) < 4.78 is 5.48. The lowest BCUT2D eigenvalue weighted by Crippen LogP contribution is -2.38. The Labute approximate surface area is 156 Å². The zero-order valence-corrected chi connectivity index (χ0v) is 17.1. The smallest absolute Gasteiger partial charge is 0.355 e. The van der Waals surface area contributed by atoms with E-state index >= 15 is 0 Å². The number of ether oxygens (including phenoxy) is 1. The van der Waals surface area contributed by atoms with Gasteiger partial charge in [0.1, 0.15) is 11.3 Å². The maximum absolute atomic E-state index is 13.1. The number of nitrogens with zero attached hydrogens (tertiary/aromatic N) is 2. The van der Waals surface area contributed by atoms with Crippen LogP contribution in [0.1, 0.15) is 73.1 Å². The number of nitrogens with one attached hydrogen (secondary N) is 1. The molecule has 26 heavy (non-hydrogen) atoms. The Morgan fingerprint density at radius 3 is 2.50 bits per heavy atom. The van der Waals surface area contributed by atoms with Crippen LogP contribution in [0.15, 0.2) is 0 Å². The highest BCUT2D eigenvalue weighted by Crippen LogP contribution is 2.26. The van der Waals surface area contributed by atoms with Gasteiger partial charge >= 0.3 is 5.97 Å². The van der Waals surface area contributed by atoms with E-state index in [-0.39, 0.29) is 5.91 Å². The van der Waals surface area contributed by atoms with Gasteiger partial charge in [-0.3, -0.25) is 4.79 Å². The summed E-state index contributed by atoms with van der Waals surface area (Å²) in [6.07, 6.45) is 1.66. The van der Waals surface area contributed by atoms with E-state index < -0.39 is 11.6 Å². The minimum absolute atomic E-state index is 0.0215. The Balaban J connectivity index is 2.22. The molecule has 6 heteroatoms. The van der Waals surface area contributed by atoms with Gasteiger partial charge in [0, 0.05) is 25.3 Å². The van der Waals surface area contributed by atoms with E-state index in [4.69, 9.17) is 4.74 Å². The van der Waals surface area contributed by atoms with Crippen molar-refractivity contribution >= 4 is 11.9 Å². The van der Waals surface area contributed by atoms with Crippen LogP contribution >= 0.6 is 0 Å². The van der Waals surface area contributed by atoms with E-state index in [9.17, 15) is 9.59 Å². The molecule has 0 fully saturated rings. The summed E-state index contributed by atoms with van der Waals surface area (Å²) in [5.41, 5.74) is 2.06. The molecular formula is C20H33N3O3. The van der Waals surface area contributed by atoms with Crippen LogP contribution in [0.3, 0.4) is 0 Å². The lowest BCUT2D eigenvalue weighted by molar-refractivity contribution is 0.00626. The van der Waals surface area contributed by atoms with Crippen molar-refractivity contribution in [1.82, 2.24) is 14.8 Å². The molecule has 1 N–H and O–H groups in total. The van der Waals surface area contributed by atoms with Crippen LogP contribution in [-0.4, -0.2) is 65.0 Å². The number of hydrogen-bond donors (Lipinski definition) is 1. The molecule has 0 bridgehead atoms. The Hall–Kier alpha value is -1.82. The zero-order valence-electron chi connectivity index (χ0n) is 17.1. The molecule has 0 saturated heterocycles. The van der Waals surface area contributed by atoms with Crippen LogP contribution in [0.2, 0.25) is 0 Å². The van der Waals surface area contributed by atoms with Crippen LogP contribution in [0, 0.1) is 6.92 Å². The van der Waals surface area contributed by atoms with Gasteiger partial charge in [0.05, 0.1) is 5.56 Å². The number of aryl methyl sites for hydroxylation is 1. The summed E-state index contributed by atoms with van der Waals surface area (Å²) in [6, 6.07) is 0. The molecule has 0 spiro atoms. The van der Waals surface area contributed by atoms with Crippen molar-refractivity contribution in [3.8, 4) is 0 Å². The number of hydrogen-bond acceptors (Lipinski definition) is 4. The van der Waals surface area contributed by atoms with Crippen molar-refractivity contribution in [2.75, 3.05) is 32.7 Å². The molecule has 6 nitrogen and oxygen atoms in total. The highest BCUT2D eigenvalue weighted by molar-refractivity contribution is 6.01. The van der Waals surface area contributed by atoms with E-state index in [1.807, 2.05) is 32.6 Å². The average Bonchev–Trinajstić information content (AvgIpc) is 2.79. The van der Waals surface area contributed by atoms with Gasteiger partial charge < -0.3 is 19.5 Å². The van der Waals surface area contributed by atoms with Crippen molar-refractivity contribution in [2.45, 2.75) is 60.0 Å². The van der Waals surface area contributed by atoms with E-state index in [0.29, 0.717) is 23.4 Å². The van der Waals surface area contributed by atoms with Crippen molar-refractivity contribution in [2.24, 2.45) is 0 Å². The van der Waals surface area contributed by atoms with Crippen LogP contribution in [0.4, 0.5) is 0 Å². The summed E-state index contributed by atoms with van der Waals surface area (Å²) in [6.45, 7) is 15.9. The van der Waals surface area contributed by atoms with Gasteiger partial charge in [-0.2, -0.15) is 0 Å². The van der Waals surface area contributed by atoms with Crippen molar-refractivity contribution < 1.29 is 14.3 Å². The molecule has 1 aromatic heterocycles. The molecule has 0 saturated carbocycles. The van der Waals surface area contributed by atoms with E-state index in [0.717, 1.165) is 44.7 Å². The maximum Gasteiger partial charge on any atom is 0.355 e. The second-order valence-electron chi connectivity index (χ2n) is 7.90. The molecule has 0 aromatic carbocycles. The predicted octanol–water partition coefficient (Wildman–Crippen LogP) is 3.01. The summed E-state index contributed by atoms with van der Waals surface area (Å²) in [5, 5.41) is 0. The number of fused-ring (bicyclic) bond motifs is 1. The quantitative estimate of drug-likeness (QED) is 0.789. The molecule has 0 atom stereocenters. The minimum Gasteiger partial charge on any atom is -0.455 e. The largest absolute Gasteiger partial charge is 0.455 e. The molecular weight excluding hydrogens is 330 g/mol. The third-order valence-electron chi connectivity index (χ3n) is 4.87. The van der Waals surface area contributed by atoms with Gasteiger partial charge in [-0.15, -0.1) is 0 Å². The fourth-order valence-corrected chi connectivity index (χ4v) is 3.39. The lowest BCUT2D eigenvalue weighted by atomic mass is 10.1. The monoisotopic (exact) mass is 363 g/mol. The van der Waals surface area contributed by atoms with Gasteiger partial charge in [0.2, 0.25) is 0 Å². The van der Waals surface area contributed by atoms with Crippen molar-refractivity contribution in [3.63, 3.8) is 0 Å². The van der Waals surface area contributed by atoms with Crippen molar-refractivity contribution in [1.29, 1.82) is 0 Å². The zero-order chi connectivity index (χ0) is 19.5. The van der Waals surface area contributed by atoms with E-state index in [1.54, 1.807) is 0 Å². The number of carbonyl (C=O) groups is 2. The third-order valence-corrected chi connectivity index (χ3v) is 4.87. The molecule has 2 heterocycles. The molecule has 146 valence electrons.